The molecule has 124 valence electrons. The number of hydrogen-bond acceptors (Lipinski definition) is 3. The minimum absolute atomic E-state index is 0.0433. The Morgan fingerprint density at radius 3 is 2.52 bits per heavy atom. The third kappa shape index (κ3) is 4.16. The molecule has 1 amide bonds. The van der Waals surface area contributed by atoms with Crippen molar-refractivity contribution in [2.24, 2.45) is 5.73 Å². The van der Waals surface area contributed by atoms with E-state index in [2.05, 4.69) is 10.4 Å². The van der Waals surface area contributed by atoms with E-state index in [-0.39, 0.29) is 23.7 Å². The molecule has 0 aliphatic carbocycles. The maximum absolute atomic E-state index is 13.1. The second-order valence-electron chi connectivity index (χ2n) is 6.01. The Kier molecular flexibility index (Phi) is 5.50. The Labute approximate surface area is 135 Å². The van der Waals surface area contributed by atoms with Crippen LogP contribution in [0.3, 0.4) is 0 Å². The molecule has 0 spiro atoms. The number of aromatic nitrogens is 2. The average molecular weight is 318 g/mol. The zero-order valence-corrected chi connectivity index (χ0v) is 13.7. The zero-order valence-electron chi connectivity index (χ0n) is 13.7. The number of carbonyl (C=O) groups is 1. The summed E-state index contributed by atoms with van der Waals surface area (Å²) in [5.41, 5.74) is 7.75. The summed E-state index contributed by atoms with van der Waals surface area (Å²) in [6.45, 7) is 6.42. The SMILES string of the molecule is CC(N)CCNC(=O)c1cnn(-c2ccc(F)cc2)c1C(C)C. The van der Waals surface area contributed by atoms with Gasteiger partial charge in [0.1, 0.15) is 5.82 Å². The van der Waals surface area contributed by atoms with Gasteiger partial charge < -0.3 is 11.1 Å². The van der Waals surface area contributed by atoms with Crippen molar-refractivity contribution in [2.45, 2.75) is 39.2 Å². The van der Waals surface area contributed by atoms with Gasteiger partial charge in [-0.2, -0.15) is 5.10 Å². The Morgan fingerprint density at radius 1 is 1.30 bits per heavy atom. The van der Waals surface area contributed by atoms with Gasteiger partial charge in [-0.25, -0.2) is 9.07 Å². The fraction of sp³-hybridized carbons (Fsp3) is 0.412. The molecule has 0 saturated heterocycles. The molecular weight excluding hydrogens is 295 g/mol. The first-order chi connectivity index (χ1) is 10.9. The van der Waals surface area contributed by atoms with E-state index >= 15 is 0 Å². The monoisotopic (exact) mass is 318 g/mol. The third-order valence-corrected chi connectivity index (χ3v) is 3.55. The molecule has 0 fully saturated rings. The predicted molar refractivity (Wildman–Crippen MR) is 88.2 cm³/mol. The van der Waals surface area contributed by atoms with Crippen LogP contribution in [0.25, 0.3) is 5.69 Å². The van der Waals surface area contributed by atoms with Gasteiger partial charge in [0.05, 0.1) is 23.1 Å². The molecule has 1 aromatic heterocycles. The standard InChI is InChI=1S/C17H23FN4O/c1-11(2)16-15(17(23)20-9-8-12(3)19)10-21-22(16)14-6-4-13(18)5-7-14/h4-7,10-12H,8-9,19H2,1-3H3,(H,20,23). The lowest BCUT2D eigenvalue weighted by atomic mass is 10.0. The van der Waals surface area contributed by atoms with Crippen molar-refractivity contribution in [1.29, 1.82) is 0 Å². The highest BCUT2D eigenvalue weighted by atomic mass is 19.1. The van der Waals surface area contributed by atoms with Gasteiger partial charge in [0.2, 0.25) is 0 Å². The molecule has 0 aliphatic heterocycles. The number of nitrogens with two attached hydrogens (primary N) is 1. The molecule has 0 aliphatic rings. The van der Waals surface area contributed by atoms with E-state index < -0.39 is 0 Å². The second-order valence-corrected chi connectivity index (χ2v) is 6.01. The van der Waals surface area contributed by atoms with E-state index in [1.165, 1.54) is 12.1 Å². The van der Waals surface area contributed by atoms with Crippen LogP contribution < -0.4 is 11.1 Å². The van der Waals surface area contributed by atoms with Crippen molar-refractivity contribution in [3.8, 4) is 5.69 Å². The highest BCUT2D eigenvalue weighted by Crippen LogP contribution is 2.23. The molecule has 0 saturated carbocycles. The van der Waals surface area contributed by atoms with Crippen LogP contribution in [0.5, 0.6) is 0 Å². The van der Waals surface area contributed by atoms with Crippen LogP contribution in [0.1, 0.15) is 49.2 Å². The number of rotatable bonds is 6. The maximum atomic E-state index is 13.1. The number of halogens is 1. The first-order valence-corrected chi connectivity index (χ1v) is 7.77. The molecule has 1 unspecified atom stereocenters. The highest BCUT2D eigenvalue weighted by molar-refractivity contribution is 5.95. The lowest BCUT2D eigenvalue weighted by Gasteiger charge is -2.13. The first kappa shape index (κ1) is 17.1. The summed E-state index contributed by atoms with van der Waals surface area (Å²) in [5.74, 6) is -0.375. The molecule has 23 heavy (non-hydrogen) atoms. The molecule has 1 aromatic carbocycles. The molecule has 2 aromatic rings. The summed E-state index contributed by atoms with van der Waals surface area (Å²) in [4.78, 5) is 12.4. The number of nitrogens with zero attached hydrogens (tertiary/aromatic N) is 2. The van der Waals surface area contributed by atoms with Gasteiger partial charge in [0.15, 0.2) is 0 Å². The summed E-state index contributed by atoms with van der Waals surface area (Å²) >= 11 is 0. The number of benzene rings is 1. The third-order valence-electron chi connectivity index (χ3n) is 3.55. The van der Waals surface area contributed by atoms with E-state index in [1.807, 2.05) is 20.8 Å². The Hall–Kier alpha value is -2.21. The van der Waals surface area contributed by atoms with Crippen molar-refractivity contribution < 1.29 is 9.18 Å². The molecule has 2 rings (SSSR count). The molecular formula is C17H23FN4O. The summed E-state index contributed by atoms with van der Waals surface area (Å²) < 4.78 is 14.8. The van der Waals surface area contributed by atoms with Crippen molar-refractivity contribution in [1.82, 2.24) is 15.1 Å². The van der Waals surface area contributed by atoms with Gasteiger partial charge >= 0.3 is 0 Å². The topological polar surface area (TPSA) is 72.9 Å². The van der Waals surface area contributed by atoms with Crippen LogP contribution in [0.4, 0.5) is 4.39 Å². The van der Waals surface area contributed by atoms with E-state index in [0.29, 0.717) is 12.1 Å². The van der Waals surface area contributed by atoms with Crippen LogP contribution >= 0.6 is 0 Å². The molecule has 1 heterocycles. The van der Waals surface area contributed by atoms with Crippen molar-refractivity contribution in [2.75, 3.05) is 6.54 Å². The summed E-state index contributed by atoms with van der Waals surface area (Å²) in [6, 6.07) is 6.09. The highest BCUT2D eigenvalue weighted by Gasteiger charge is 2.20. The van der Waals surface area contributed by atoms with Crippen LogP contribution in [0.15, 0.2) is 30.5 Å². The van der Waals surface area contributed by atoms with Gasteiger partial charge in [-0.1, -0.05) is 13.8 Å². The van der Waals surface area contributed by atoms with Crippen molar-refractivity contribution in [3.63, 3.8) is 0 Å². The summed E-state index contributed by atoms with van der Waals surface area (Å²) in [6.07, 6.45) is 2.27. The van der Waals surface area contributed by atoms with Gasteiger partial charge in [-0.15, -0.1) is 0 Å². The van der Waals surface area contributed by atoms with Crippen LogP contribution in [-0.2, 0) is 0 Å². The van der Waals surface area contributed by atoms with E-state index in [9.17, 15) is 9.18 Å². The van der Waals surface area contributed by atoms with Crippen molar-refractivity contribution >= 4 is 5.91 Å². The molecule has 0 radical (unpaired) electrons. The fourth-order valence-electron chi connectivity index (χ4n) is 2.39. The number of amides is 1. The van der Waals surface area contributed by atoms with Gasteiger partial charge in [-0.05, 0) is 43.5 Å². The first-order valence-electron chi connectivity index (χ1n) is 7.77. The lowest BCUT2D eigenvalue weighted by Crippen LogP contribution is -2.29. The Morgan fingerprint density at radius 2 is 1.96 bits per heavy atom. The summed E-state index contributed by atoms with van der Waals surface area (Å²) in [7, 11) is 0. The average Bonchev–Trinajstić information content (AvgIpc) is 2.92. The quantitative estimate of drug-likeness (QED) is 0.860. The Balaban J connectivity index is 2.28. The van der Waals surface area contributed by atoms with E-state index in [0.717, 1.165) is 17.8 Å². The second kappa shape index (κ2) is 7.37. The molecule has 0 bridgehead atoms. The zero-order chi connectivity index (χ0) is 17.0. The largest absolute Gasteiger partial charge is 0.352 e. The molecule has 5 nitrogen and oxygen atoms in total. The van der Waals surface area contributed by atoms with Crippen LogP contribution in [0, 0.1) is 5.82 Å². The maximum Gasteiger partial charge on any atom is 0.254 e. The van der Waals surface area contributed by atoms with Crippen LogP contribution in [-0.4, -0.2) is 28.3 Å². The number of nitrogens with one attached hydrogen (secondary N) is 1. The fourth-order valence-corrected chi connectivity index (χ4v) is 2.39. The smallest absolute Gasteiger partial charge is 0.254 e. The molecule has 3 N–H and O–H groups in total. The molecule has 1 atom stereocenters. The van der Waals surface area contributed by atoms with Gasteiger partial charge in [-0.3, -0.25) is 4.79 Å². The van der Waals surface area contributed by atoms with E-state index in [1.54, 1.807) is 23.0 Å². The van der Waals surface area contributed by atoms with E-state index in [4.69, 9.17) is 5.73 Å². The molecule has 6 heteroatoms. The van der Waals surface area contributed by atoms with Crippen LogP contribution in [0.2, 0.25) is 0 Å². The summed E-state index contributed by atoms with van der Waals surface area (Å²) in [5, 5.41) is 7.18. The Bertz CT molecular complexity index is 662. The number of carbonyl (C=O) groups excluding carboxylic acids is 1. The minimum atomic E-state index is -0.305. The number of hydrogen-bond donors (Lipinski definition) is 2. The van der Waals surface area contributed by atoms with Gasteiger partial charge in [0, 0.05) is 12.6 Å². The normalized spacial score (nSPS) is 12.4. The van der Waals surface area contributed by atoms with Gasteiger partial charge in [0.25, 0.3) is 5.91 Å². The minimum Gasteiger partial charge on any atom is -0.352 e. The predicted octanol–water partition coefficient (Wildman–Crippen LogP) is 2.60. The lowest BCUT2D eigenvalue weighted by molar-refractivity contribution is 0.0951. The van der Waals surface area contributed by atoms with Crippen molar-refractivity contribution in [3.05, 3.63) is 47.5 Å².